The second-order valence-electron chi connectivity index (χ2n) is 17.0. The number of hydrogen-bond donors (Lipinski definition) is 4. The van der Waals surface area contributed by atoms with E-state index in [1.807, 2.05) is 29.9 Å². The van der Waals surface area contributed by atoms with E-state index in [2.05, 4.69) is 29.9 Å². The Morgan fingerprint density at radius 1 is 0.721 bits per heavy atom. The molecule has 1 atom stereocenters. The number of pyridine rings is 2. The highest BCUT2D eigenvalue weighted by atomic mass is 19.1. The smallest absolute Gasteiger partial charge is 0.171 e. The van der Waals surface area contributed by atoms with Crippen LogP contribution in [0.5, 0.6) is 23.0 Å². The van der Waals surface area contributed by atoms with Crippen molar-refractivity contribution in [3.05, 3.63) is 119 Å². The van der Waals surface area contributed by atoms with Gasteiger partial charge in [-0.1, -0.05) is 0 Å². The monoisotopic (exact) mass is 937 g/mol. The molecule has 68 heavy (non-hydrogen) atoms. The number of methoxy groups -OCH3 is 3. The highest BCUT2D eigenvalue weighted by Gasteiger charge is 2.26. The van der Waals surface area contributed by atoms with Gasteiger partial charge in [-0.3, -0.25) is 9.36 Å². The maximum absolute atomic E-state index is 16.1. The van der Waals surface area contributed by atoms with E-state index in [1.165, 1.54) is 38.1 Å². The maximum Gasteiger partial charge on any atom is 0.171 e. The first kappa shape index (κ1) is 46.2. The van der Waals surface area contributed by atoms with Gasteiger partial charge in [0.2, 0.25) is 0 Å². The largest absolute Gasteiger partial charge is 0.494 e. The van der Waals surface area contributed by atoms with Crippen LogP contribution in [0.4, 0.5) is 17.6 Å². The van der Waals surface area contributed by atoms with Crippen LogP contribution in [0.15, 0.2) is 67.6 Å². The minimum Gasteiger partial charge on any atom is -0.494 e. The van der Waals surface area contributed by atoms with Gasteiger partial charge < -0.3 is 44.0 Å². The number of ether oxygens (including phenoxy) is 4. The Labute approximate surface area is 388 Å². The molecule has 1 fully saturated rings. The molecule has 9 rings (SSSR count). The molecule has 1 saturated heterocycles. The number of halogens is 4. The van der Waals surface area contributed by atoms with E-state index in [0.717, 1.165) is 60.2 Å². The molecule has 7 heterocycles. The molecular formula is C49H51F4N9O6. The first-order chi connectivity index (χ1) is 33.0. The predicted molar refractivity (Wildman–Crippen MR) is 245 cm³/mol. The Balaban J connectivity index is 0.808. The van der Waals surface area contributed by atoms with E-state index < -0.39 is 36.0 Å². The number of fused-ring (bicyclic) bond motifs is 2. The zero-order valence-electron chi connectivity index (χ0n) is 38.0. The number of benzene rings is 2. The third-order valence-corrected chi connectivity index (χ3v) is 12.7. The first-order valence-electron chi connectivity index (χ1n) is 22.2. The fourth-order valence-electron chi connectivity index (χ4n) is 8.96. The third kappa shape index (κ3) is 9.20. The molecule has 1 aliphatic heterocycles. The number of aromatic nitrogens is 8. The number of aliphatic hydroxyl groups is 2. The van der Waals surface area contributed by atoms with Crippen LogP contribution in [-0.2, 0) is 19.4 Å². The number of likely N-dealkylation sites (tertiary alicyclic amines) is 1. The molecule has 0 aliphatic carbocycles. The summed E-state index contributed by atoms with van der Waals surface area (Å²) in [4.78, 5) is 17.8. The fourth-order valence-corrected chi connectivity index (χ4v) is 8.96. The molecule has 0 bridgehead atoms. The van der Waals surface area contributed by atoms with Crippen LogP contribution in [0, 0.1) is 30.2 Å². The summed E-state index contributed by atoms with van der Waals surface area (Å²) in [5, 5.41) is 29.4. The molecule has 1 aliphatic rings. The summed E-state index contributed by atoms with van der Waals surface area (Å²) in [5.74, 6) is -3.61. The Hall–Kier alpha value is -6.96. The average molecular weight is 938 g/mol. The van der Waals surface area contributed by atoms with Crippen molar-refractivity contribution in [2.75, 3.05) is 54.2 Å². The molecule has 0 radical (unpaired) electrons. The standard InChI is InChI=1S/C49H51F4N9O6/c1-27-35(15-39-45(51)40(65-2)16-41(66-3)46(39)52)37-13-29(19-56-49(37)59-27)32-22-58-62(24-32)33-6-9-60(10-7-33)8-5-11-68-43-17-42(67-4)44(50)38(47(43)53)14-30-20-55-48-36(30)12-28(18-54-48)31-21-57-61(23-31)25-34(64)26-63/h12-13,16-24,33-34,63-64H,5-11,14-15,25-26H2,1-4H3,(H,54,55)(H,56,59). The lowest BCUT2D eigenvalue weighted by Gasteiger charge is -2.32. The van der Waals surface area contributed by atoms with E-state index in [9.17, 15) is 10.2 Å². The van der Waals surface area contributed by atoms with Gasteiger partial charge in [-0.2, -0.15) is 10.2 Å². The van der Waals surface area contributed by atoms with Crippen molar-refractivity contribution >= 4 is 22.1 Å². The van der Waals surface area contributed by atoms with E-state index in [4.69, 9.17) is 24.0 Å². The molecule has 356 valence electrons. The number of aryl methyl sites for hydroxylation is 1. The van der Waals surface area contributed by atoms with Crippen LogP contribution < -0.4 is 18.9 Å². The summed E-state index contributed by atoms with van der Waals surface area (Å²) < 4.78 is 87.6. The molecule has 0 spiro atoms. The van der Waals surface area contributed by atoms with Crippen LogP contribution in [0.1, 0.15) is 53.3 Å². The molecule has 2 aromatic carbocycles. The van der Waals surface area contributed by atoms with E-state index >= 15 is 17.6 Å². The van der Waals surface area contributed by atoms with Crippen LogP contribution in [-0.4, -0.2) is 115 Å². The summed E-state index contributed by atoms with van der Waals surface area (Å²) in [6.07, 6.45) is 13.5. The lowest BCUT2D eigenvalue weighted by Crippen LogP contribution is -2.35. The van der Waals surface area contributed by atoms with Crippen molar-refractivity contribution < 1.29 is 46.7 Å². The van der Waals surface area contributed by atoms with Crippen molar-refractivity contribution in [1.82, 2.24) is 44.4 Å². The van der Waals surface area contributed by atoms with Gasteiger partial charge in [0.25, 0.3) is 0 Å². The zero-order valence-corrected chi connectivity index (χ0v) is 38.0. The van der Waals surface area contributed by atoms with Crippen molar-refractivity contribution in [3.8, 4) is 45.3 Å². The number of aromatic amines is 2. The van der Waals surface area contributed by atoms with Gasteiger partial charge in [-0.05, 0) is 49.4 Å². The lowest BCUT2D eigenvalue weighted by molar-refractivity contribution is 0.0783. The third-order valence-electron chi connectivity index (χ3n) is 12.7. The summed E-state index contributed by atoms with van der Waals surface area (Å²) in [6.45, 7) is 4.14. The molecule has 0 amide bonds. The second-order valence-corrected chi connectivity index (χ2v) is 17.0. The highest BCUT2D eigenvalue weighted by Crippen LogP contribution is 2.37. The number of H-pyrrole nitrogens is 2. The number of nitrogens with one attached hydrogen (secondary N) is 2. The summed E-state index contributed by atoms with van der Waals surface area (Å²) in [6, 6.07) is 6.43. The van der Waals surface area contributed by atoms with Gasteiger partial charge in [0.15, 0.2) is 46.3 Å². The van der Waals surface area contributed by atoms with Crippen LogP contribution in [0.2, 0.25) is 0 Å². The minimum atomic E-state index is -0.952. The average Bonchev–Trinajstić information content (AvgIpc) is 4.18. The Bertz CT molecular complexity index is 3060. The summed E-state index contributed by atoms with van der Waals surface area (Å²) in [7, 11) is 3.97. The van der Waals surface area contributed by atoms with Gasteiger partial charge >= 0.3 is 0 Å². The normalized spacial score (nSPS) is 14.0. The minimum absolute atomic E-state index is 0.0454. The van der Waals surface area contributed by atoms with Crippen molar-refractivity contribution in [1.29, 1.82) is 0 Å². The second kappa shape index (κ2) is 19.7. The van der Waals surface area contributed by atoms with Crippen LogP contribution in [0.25, 0.3) is 44.3 Å². The van der Waals surface area contributed by atoms with Gasteiger partial charge in [-0.15, -0.1) is 0 Å². The molecule has 0 saturated carbocycles. The number of nitrogens with zero attached hydrogens (tertiary/aromatic N) is 7. The Morgan fingerprint density at radius 2 is 1.32 bits per heavy atom. The summed E-state index contributed by atoms with van der Waals surface area (Å²) in [5.41, 5.74) is 5.97. The van der Waals surface area contributed by atoms with E-state index in [0.29, 0.717) is 39.8 Å². The first-order valence-corrected chi connectivity index (χ1v) is 22.2. The lowest BCUT2D eigenvalue weighted by atomic mass is 9.99. The molecular weight excluding hydrogens is 887 g/mol. The van der Waals surface area contributed by atoms with E-state index in [-0.39, 0.29) is 66.2 Å². The summed E-state index contributed by atoms with van der Waals surface area (Å²) >= 11 is 0. The molecule has 6 aromatic heterocycles. The van der Waals surface area contributed by atoms with Crippen molar-refractivity contribution in [2.24, 2.45) is 0 Å². The predicted octanol–water partition coefficient (Wildman–Crippen LogP) is 7.70. The molecule has 1 unspecified atom stereocenters. The van der Waals surface area contributed by atoms with Gasteiger partial charge in [-0.25, -0.2) is 27.5 Å². The van der Waals surface area contributed by atoms with Gasteiger partial charge in [0, 0.05) is 125 Å². The topological polar surface area (TPSA) is 174 Å². The van der Waals surface area contributed by atoms with Gasteiger partial charge in [0.05, 0.1) is 65.6 Å². The number of rotatable bonds is 18. The highest BCUT2D eigenvalue weighted by molar-refractivity contribution is 5.86. The SMILES string of the molecule is COc1cc(OC)c(F)c(Cc2c(C)[nH]c3ncc(-c4cnn(C5CCN(CCCOc6cc(OC)c(F)c(Cc7c[nH]c8ncc(-c9cnn(CC(O)CO)c9)cc78)c6F)CC5)c4)cc23)c1F. The fraction of sp³-hybridized carbons (Fsp3) is 0.347. The Kier molecular flexibility index (Phi) is 13.4. The number of aliphatic hydroxyl groups excluding tert-OH is 2. The number of hydrogen-bond acceptors (Lipinski definition) is 11. The quantitative estimate of drug-likeness (QED) is 0.0491. The maximum atomic E-state index is 16.1. The molecule has 15 nitrogen and oxygen atoms in total. The van der Waals surface area contributed by atoms with Crippen LogP contribution in [0.3, 0.4) is 0 Å². The van der Waals surface area contributed by atoms with Crippen molar-refractivity contribution in [2.45, 2.75) is 57.7 Å². The van der Waals surface area contributed by atoms with Gasteiger partial charge in [0.1, 0.15) is 11.3 Å². The Morgan fingerprint density at radius 3 is 2.00 bits per heavy atom. The molecule has 8 aromatic rings. The molecule has 19 heteroatoms. The zero-order chi connectivity index (χ0) is 47.6. The van der Waals surface area contributed by atoms with E-state index in [1.54, 1.807) is 37.2 Å². The van der Waals surface area contributed by atoms with Crippen molar-refractivity contribution in [3.63, 3.8) is 0 Å². The molecule has 4 N–H and O–H groups in total. The van der Waals surface area contributed by atoms with Crippen LogP contribution >= 0.6 is 0 Å². The number of piperidine rings is 1.